The smallest absolute Gasteiger partial charge is 0.119 e. The first-order chi connectivity index (χ1) is 7.72. The van der Waals surface area contributed by atoms with Crippen LogP contribution in [0, 0.1) is 0 Å². The fourth-order valence-corrected chi connectivity index (χ4v) is 2.96. The SMILES string of the molecule is COc1ccc2c(c1)C1C=CC2N1C(C)C. The fraction of sp³-hybridized carbons (Fsp3) is 0.429. The molecule has 2 aliphatic heterocycles. The van der Waals surface area contributed by atoms with Gasteiger partial charge in [-0.05, 0) is 37.1 Å². The molecule has 0 aromatic heterocycles. The lowest BCUT2D eigenvalue weighted by Gasteiger charge is -2.26. The number of hydrogen-bond acceptors (Lipinski definition) is 2. The monoisotopic (exact) mass is 215 g/mol. The van der Waals surface area contributed by atoms with E-state index >= 15 is 0 Å². The molecule has 2 atom stereocenters. The van der Waals surface area contributed by atoms with Crippen LogP contribution >= 0.6 is 0 Å². The van der Waals surface area contributed by atoms with Crippen molar-refractivity contribution in [1.82, 2.24) is 4.90 Å². The minimum absolute atomic E-state index is 0.454. The van der Waals surface area contributed by atoms with Crippen LogP contribution in [0.3, 0.4) is 0 Å². The Morgan fingerprint density at radius 2 is 1.81 bits per heavy atom. The molecule has 0 N–H and O–H groups in total. The Labute approximate surface area is 96.5 Å². The molecule has 0 aliphatic carbocycles. The van der Waals surface area contributed by atoms with Crippen LogP contribution in [0.25, 0.3) is 0 Å². The zero-order chi connectivity index (χ0) is 11.3. The third-order valence-corrected chi connectivity index (χ3v) is 3.65. The number of rotatable bonds is 2. The highest BCUT2D eigenvalue weighted by Gasteiger charge is 2.41. The third kappa shape index (κ3) is 1.17. The molecule has 2 heterocycles. The van der Waals surface area contributed by atoms with Crippen molar-refractivity contribution in [3.63, 3.8) is 0 Å². The Kier molecular flexibility index (Phi) is 2.08. The number of nitrogens with zero attached hydrogens (tertiary/aromatic N) is 1. The Morgan fingerprint density at radius 3 is 2.44 bits per heavy atom. The molecule has 3 rings (SSSR count). The standard InChI is InChI=1S/C14H17NO/c1-9(2)15-13-6-7-14(15)12-8-10(16-3)4-5-11(12)13/h4-9,13-14H,1-3H3. The van der Waals surface area contributed by atoms with Crippen molar-refractivity contribution in [3.8, 4) is 5.75 Å². The molecule has 2 heteroatoms. The molecule has 0 saturated carbocycles. The van der Waals surface area contributed by atoms with Gasteiger partial charge in [-0.3, -0.25) is 4.90 Å². The molecule has 0 saturated heterocycles. The Balaban J connectivity index is 2.06. The summed E-state index contributed by atoms with van der Waals surface area (Å²) < 4.78 is 5.30. The molecule has 0 radical (unpaired) electrons. The van der Waals surface area contributed by atoms with Crippen LogP contribution in [0.4, 0.5) is 0 Å². The predicted molar refractivity (Wildman–Crippen MR) is 64.6 cm³/mol. The second-order valence-corrected chi connectivity index (χ2v) is 4.81. The van der Waals surface area contributed by atoms with E-state index in [2.05, 4.69) is 49.1 Å². The van der Waals surface area contributed by atoms with Gasteiger partial charge >= 0.3 is 0 Å². The minimum atomic E-state index is 0.454. The van der Waals surface area contributed by atoms with Crippen LogP contribution in [0.5, 0.6) is 5.75 Å². The quantitative estimate of drug-likeness (QED) is 0.703. The molecule has 84 valence electrons. The van der Waals surface area contributed by atoms with Gasteiger partial charge in [-0.1, -0.05) is 18.2 Å². The van der Waals surface area contributed by atoms with Gasteiger partial charge in [-0.25, -0.2) is 0 Å². The van der Waals surface area contributed by atoms with E-state index in [-0.39, 0.29) is 0 Å². The van der Waals surface area contributed by atoms with Gasteiger partial charge in [0.25, 0.3) is 0 Å². The average Bonchev–Trinajstić information content (AvgIpc) is 2.84. The van der Waals surface area contributed by atoms with Crippen molar-refractivity contribution in [2.75, 3.05) is 7.11 Å². The zero-order valence-corrected chi connectivity index (χ0v) is 9.97. The second kappa shape index (κ2) is 3.36. The summed E-state index contributed by atoms with van der Waals surface area (Å²) in [5.74, 6) is 0.961. The molecule has 2 nitrogen and oxygen atoms in total. The van der Waals surface area contributed by atoms with E-state index in [0.29, 0.717) is 18.1 Å². The molecule has 1 aromatic rings. The van der Waals surface area contributed by atoms with Gasteiger partial charge in [-0.2, -0.15) is 0 Å². The highest BCUT2D eigenvalue weighted by Crippen LogP contribution is 2.50. The maximum absolute atomic E-state index is 5.30. The van der Waals surface area contributed by atoms with Gasteiger partial charge in [0.1, 0.15) is 5.75 Å². The van der Waals surface area contributed by atoms with Gasteiger partial charge in [0.15, 0.2) is 0 Å². The lowest BCUT2D eigenvalue weighted by atomic mass is 9.97. The largest absolute Gasteiger partial charge is 0.497 e. The highest BCUT2D eigenvalue weighted by molar-refractivity contribution is 5.49. The third-order valence-electron chi connectivity index (χ3n) is 3.65. The van der Waals surface area contributed by atoms with Crippen molar-refractivity contribution in [1.29, 1.82) is 0 Å². The molecule has 1 aromatic carbocycles. The van der Waals surface area contributed by atoms with Crippen LogP contribution < -0.4 is 4.74 Å². The van der Waals surface area contributed by atoms with E-state index in [1.807, 2.05) is 0 Å². The van der Waals surface area contributed by atoms with Crippen molar-refractivity contribution in [2.24, 2.45) is 0 Å². The van der Waals surface area contributed by atoms with E-state index in [1.165, 1.54) is 11.1 Å². The maximum Gasteiger partial charge on any atom is 0.119 e. The van der Waals surface area contributed by atoms with Gasteiger partial charge in [0.05, 0.1) is 19.2 Å². The van der Waals surface area contributed by atoms with Crippen molar-refractivity contribution in [2.45, 2.75) is 32.0 Å². The highest BCUT2D eigenvalue weighted by atomic mass is 16.5. The molecular formula is C14H17NO. The second-order valence-electron chi connectivity index (χ2n) is 4.81. The summed E-state index contributed by atoms with van der Waals surface area (Å²) in [4.78, 5) is 2.55. The first-order valence-electron chi connectivity index (χ1n) is 5.86. The van der Waals surface area contributed by atoms with E-state index in [9.17, 15) is 0 Å². The number of benzene rings is 1. The van der Waals surface area contributed by atoms with Crippen LogP contribution in [0.15, 0.2) is 30.4 Å². The average molecular weight is 215 g/mol. The number of methoxy groups -OCH3 is 1. The Bertz CT molecular complexity index is 450. The first-order valence-corrected chi connectivity index (χ1v) is 5.86. The molecule has 2 aliphatic rings. The van der Waals surface area contributed by atoms with Gasteiger partial charge in [-0.15, -0.1) is 0 Å². The number of hydrogen-bond donors (Lipinski definition) is 0. The summed E-state index contributed by atoms with van der Waals surface area (Å²) in [6.45, 7) is 4.52. The molecule has 0 amide bonds. The van der Waals surface area contributed by atoms with Gasteiger partial charge < -0.3 is 4.74 Å². The summed E-state index contributed by atoms with van der Waals surface area (Å²) in [5, 5.41) is 0. The van der Waals surface area contributed by atoms with E-state index in [1.54, 1.807) is 7.11 Å². The first kappa shape index (κ1) is 9.91. The van der Waals surface area contributed by atoms with E-state index in [4.69, 9.17) is 4.74 Å². The molecule has 0 fully saturated rings. The summed E-state index contributed by atoms with van der Waals surface area (Å²) in [6.07, 6.45) is 4.63. The van der Waals surface area contributed by atoms with Crippen molar-refractivity contribution >= 4 is 0 Å². The zero-order valence-electron chi connectivity index (χ0n) is 9.97. The van der Waals surface area contributed by atoms with E-state index < -0.39 is 0 Å². The van der Waals surface area contributed by atoms with Gasteiger partial charge in [0, 0.05) is 6.04 Å². The van der Waals surface area contributed by atoms with Crippen LogP contribution in [0.2, 0.25) is 0 Å². The lowest BCUT2D eigenvalue weighted by molar-refractivity contribution is 0.188. The van der Waals surface area contributed by atoms with Crippen molar-refractivity contribution in [3.05, 3.63) is 41.5 Å². The molecular weight excluding hydrogens is 198 g/mol. The number of ether oxygens (including phenoxy) is 1. The summed E-state index contributed by atoms with van der Waals surface area (Å²) in [6, 6.07) is 7.95. The van der Waals surface area contributed by atoms with Crippen molar-refractivity contribution < 1.29 is 4.74 Å². The normalized spacial score (nSPS) is 26.5. The van der Waals surface area contributed by atoms with Crippen LogP contribution in [-0.4, -0.2) is 18.1 Å². The summed E-state index contributed by atoms with van der Waals surface area (Å²) in [5.41, 5.74) is 2.86. The summed E-state index contributed by atoms with van der Waals surface area (Å²) >= 11 is 0. The molecule has 0 spiro atoms. The van der Waals surface area contributed by atoms with Crippen LogP contribution in [-0.2, 0) is 0 Å². The maximum atomic E-state index is 5.30. The fourth-order valence-electron chi connectivity index (χ4n) is 2.96. The Morgan fingerprint density at radius 1 is 1.12 bits per heavy atom. The van der Waals surface area contributed by atoms with E-state index in [0.717, 1.165) is 5.75 Å². The lowest BCUT2D eigenvalue weighted by Crippen LogP contribution is -2.27. The topological polar surface area (TPSA) is 12.5 Å². The minimum Gasteiger partial charge on any atom is -0.497 e. The molecule has 2 unspecified atom stereocenters. The molecule has 16 heavy (non-hydrogen) atoms. The molecule has 2 bridgehead atoms. The number of fused-ring (bicyclic) bond motifs is 5. The van der Waals surface area contributed by atoms with Gasteiger partial charge in [0.2, 0.25) is 0 Å². The Hall–Kier alpha value is -1.28. The summed E-state index contributed by atoms with van der Waals surface area (Å²) in [7, 11) is 1.73. The van der Waals surface area contributed by atoms with Crippen LogP contribution in [0.1, 0.15) is 37.1 Å². The predicted octanol–water partition coefficient (Wildman–Crippen LogP) is 3.07.